The van der Waals surface area contributed by atoms with Gasteiger partial charge >= 0.3 is 6.36 Å². The van der Waals surface area contributed by atoms with Crippen LogP contribution in [0, 0.1) is 6.92 Å². The van der Waals surface area contributed by atoms with E-state index in [1.165, 1.54) is 23.9 Å². The maximum Gasteiger partial charge on any atom is 0.573 e. The zero-order valence-corrected chi connectivity index (χ0v) is 16.2. The lowest BCUT2D eigenvalue weighted by molar-refractivity contribution is -0.274. The van der Waals surface area contributed by atoms with Gasteiger partial charge in [0.1, 0.15) is 5.75 Å². The van der Waals surface area contributed by atoms with E-state index in [0.717, 1.165) is 29.1 Å². The summed E-state index contributed by atoms with van der Waals surface area (Å²) in [7, 11) is 0. The number of aromatic amines is 1. The summed E-state index contributed by atoms with van der Waals surface area (Å²) in [6.45, 7) is 1.93. The first-order chi connectivity index (χ1) is 13.8. The highest BCUT2D eigenvalue weighted by atomic mass is 32.2. The molecule has 0 radical (unpaired) electrons. The Morgan fingerprint density at radius 2 is 1.83 bits per heavy atom. The number of nitrogens with zero attached hydrogens (tertiary/aromatic N) is 1. The molecule has 2 N–H and O–H groups in total. The maximum atomic E-state index is 12.2. The molecule has 1 heterocycles. The lowest BCUT2D eigenvalue weighted by Crippen LogP contribution is -2.17. The van der Waals surface area contributed by atoms with Crippen molar-refractivity contribution in [3.8, 4) is 5.75 Å². The number of hydrogen-bond acceptors (Lipinski definition) is 4. The predicted octanol–water partition coefficient (Wildman–Crippen LogP) is 4.94. The van der Waals surface area contributed by atoms with Gasteiger partial charge in [-0.25, -0.2) is 4.98 Å². The average molecular weight is 421 g/mol. The Balaban J connectivity index is 1.51. The number of halogens is 3. The maximum absolute atomic E-state index is 12.2. The van der Waals surface area contributed by atoms with Gasteiger partial charge in [0.25, 0.3) is 0 Å². The van der Waals surface area contributed by atoms with Crippen LogP contribution in [0.25, 0.3) is 0 Å². The fourth-order valence-corrected chi connectivity index (χ4v) is 3.31. The van der Waals surface area contributed by atoms with Crippen molar-refractivity contribution < 1.29 is 22.7 Å². The summed E-state index contributed by atoms with van der Waals surface area (Å²) in [4.78, 5) is 19.8. The van der Waals surface area contributed by atoms with Gasteiger partial charge in [0, 0.05) is 17.8 Å². The van der Waals surface area contributed by atoms with E-state index >= 15 is 0 Å². The number of alkyl halides is 3. The van der Waals surface area contributed by atoms with Crippen molar-refractivity contribution in [3.63, 3.8) is 0 Å². The van der Waals surface area contributed by atoms with Crippen LogP contribution in [0.4, 0.5) is 18.9 Å². The lowest BCUT2D eigenvalue weighted by atomic mass is 10.1. The molecule has 0 saturated carbocycles. The highest BCUT2D eigenvalue weighted by molar-refractivity contribution is 7.99. The highest BCUT2D eigenvalue weighted by Gasteiger charge is 2.30. The third-order valence-electron chi connectivity index (χ3n) is 3.89. The molecule has 2 aromatic carbocycles. The van der Waals surface area contributed by atoms with E-state index in [0.29, 0.717) is 17.3 Å². The van der Waals surface area contributed by atoms with Crippen LogP contribution < -0.4 is 10.1 Å². The number of hydrogen-bond donors (Lipinski definition) is 2. The molecular formula is C20H18F3N3O2S. The van der Waals surface area contributed by atoms with Crippen molar-refractivity contribution in [2.45, 2.75) is 24.9 Å². The molecule has 3 rings (SSSR count). The van der Waals surface area contributed by atoms with Crippen molar-refractivity contribution in [2.24, 2.45) is 0 Å². The van der Waals surface area contributed by atoms with E-state index in [1.807, 2.05) is 37.3 Å². The summed E-state index contributed by atoms with van der Waals surface area (Å²) in [5, 5.41) is 3.26. The second-order valence-corrected chi connectivity index (χ2v) is 7.15. The Morgan fingerprint density at radius 3 is 2.48 bits per heavy atom. The Labute approximate surface area is 169 Å². The van der Waals surface area contributed by atoms with Gasteiger partial charge in [-0.05, 0) is 36.8 Å². The Kier molecular flexibility index (Phi) is 6.48. The van der Waals surface area contributed by atoms with Crippen molar-refractivity contribution in [2.75, 3.05) is 11.1 Å². The third-order valence-corrected chi connectivity index (χ3v) is 4.76. The predicted molar refractivity (Wildman–Crippen MR) is 105 cm³/mol. The van der Waals surface area contributed by atoms with Crippen LogP contribution in [-0.4, -0.2) is 28.0 Å². The molecule has 0 saturated heterocycles. The number of rotatable bonds is 7. The van der Waals surface area contributed by atoms with Gasteiger partial charge in [0.05, 0.1) is 11.4 Å². The molecule has 1 aromatic heterocycles. The van der Waals surface area contributed by atoms with Crippen LogP contribution in [0.5, 0.6) is 5.75 Å². The zero-order chi connectivity index (χ0) is 20.9. The first kappa shape index (κ1) is 20.8. The molecule has 3 aromatic rings. The number of carbonyl (C=O) groups is 1. The van der Waals surface area contributed by atoms with Crippen molar-refractivity contribution in [1.82, 2.24) is 9.97 Å². The Bertz CT molecular complexity index is 957. The third kappa shape index (κ3) is 6.56. The first-order valence-corrected chi connectivity index (χ1v) is 9.65. The zero-order valence-electron chi connectivity index (χ0n) is 15.4. The molecule has 5 nitrogen and oxygen atoms in total. The Morgan fingerprint density at radius 1 is 1.14 bits per heavy atom. The van der Waals surface area contributed by atoms with E-state index in [2.05, 4.69) is 20.0 Å². The van der Waals surface area contributed by atoms with E-state index in [-0.39, 0.29) is 17.4 Å². The van der Waals surface area contributed by atoms with E-state index in [4.69, 9.17) is 0 Å². The smallest absolute Gasteiger partial charge is 0.406 e. The molecule has 0 atom stereocenters. The number of amides is 1. The number of carbonyl (C=O) groups excluding carboxylic acids is 1. The minimum absolute atomic E-state index is 0.110. The average Bonchev–Trinajstić information content (AvgIpc) is 3.01. The normalized spacial score (nSPS) is 11.3. The van der Waals surface area contributed by atoms with Gasteiger partial charge in [-0.15, -0.1) is 13.2 Å². The van der Waals surface area contributed by atoms with Gasteiger partial charge in [0.2, 0.25) is 5.91 Å². The number of benzene rings is 2. The van der Waals surface area contributed by atoms with Crippen molar-refractivity contribution >= 4 is 23.4 Å². The van der Waals surface area contributed by atoms with Gasteiger partial charge in [-0.3, -0.25) is 4.79 Å². The summed E-state index contributed by atoms with van der Waals surface area (Å²) in [6.07, 6.45) is -4.05. The van der Waals surface area contributed by atoms with E-state index in [1.54, 1.807) is 0 Å². The summed E-state index contributed by atoms with van der Waals surface area (Å²) >= 11 is 1.25. The van der Waals surface area contributed by atoms with Crippen LogP contribution in [0.3, 0.4) is 0 Å². The first-order valence-electron chi connectivity index (χ1n) is 8.66. The monoisotopic (exact) mass is 421 g/mol. The number of aryl methyl sites for hydroxylation is 1. The van der Waals surface area contributed by atoms with Gasteiger partial charge in [-0.2, -0.15) is 0 Å². The highest BCUT2D eigenvalue weighted by Crippen LogP contribution is 2.24. The van der Waals surface area contributed by atoms with Crippen LogP contribution >= 0.6 is 11.8 Å². The number of nitrogens with one attached hydrogen (secondary N) is 2. The second kappa shape index (κ2) is 9.04. The Hall–Kier alpha value is -2.94. The molecule has 0 aliphatic heterocycles. The van der Waals surface area contributed by atoms with Crippen LogP contribution in [-0.2, 0) is 11.2 Å². The topological polar surface area (TPSA) is 67.0 Å². The molecule has 0 unspecified atom stereocenters. The standard InChI is InChI=1S/C20H18F3N3O2S/c1-13-17(11-14-5-3-2-4-6-14)26-19(24-13)29-12-18(27)25-15-7-9-16(10-8-15)28-20(21,22)23/h2-10H,11-12H2,1H3,(H,24,26)(H,25,27). The van der Waals surface area contributed by atoms with Crippen LogP contribution in [0.1, 0.15) is 17.0 Å². The molecule has 1 amide bonds. The molecule has 9 heteroatoms. The summed E-state index contributed by atoms with van der Waals surface area (Å²) in [6, 6.07) is 14.9. The second-order valence-electron chi connectivity index (χ2n) is 6.19. The lowest BCUT2D eigenvalue weighted by Gasteiger charge is -2.09. The summed E-state index contributed by atoms with van der Waals surface area (Å²) in [5.74, 6) is -0.529. The summed E-state index contributed by atoms with van der Waals surface area (Å²) in [5.41, 5.74) is 3.39. The van der Waals surface area contributed by atoms with E-state index < -0.39 is 6.36 Å². The molecule has 0 aliphatic rings. The molecule has 29 heavy (non-hydrogen) atoms. The quantitative estimate of drug-likeness (QED) is 0.531. The van der Waals surface area contributed by atoms with Crippen molar-refractivity contribution in [3.05, 3.63) is 71.5 Å². The largest absolute Gasteiger partial charge is 0.573 e. The summed E-state index contributed by atoms with van der Waals surface area (Å²) < 4.78 is 40.3. The minimum atomic E-state index is -4.75. The number of thioether (sulfide) groups is 1. The number of ether oxygens (including phenoxy) is 1. The van der Waals surface area contributed by atoms with Gasteiger partial charge < -0.3 is 15.0 Å². The molecule has 0 bridgehead atoms. The number of H-pyrrole nitrogens is 1. The SMILES string of the molecule is Cc1[nH]c(SCC(=O)Nc2ccc(OC(F)(F)F)cc2)nc1Cc1ccccc1. The molecule has 0 spiro atoms. The fourth-order valence-electron chi connectivity index (χ4n) is 2.57. The molecule has 152 valence electrons. The fraction of sp³-hybridized carbons (Fsp3) is 0.200. The van der Waals surface area contributed by atoms with Crippen molar-refractivity contribution in [1.29, 1.82) is 0 Å². The number of aromatic nitrogens is 2. The molecular weight excluding hydrogens is 403 g/mol. The van der Waals surface area contributed by atoms with Crippen LogP contribution in [0.15, 0.2) is 59.8 Å². The minimum Gasteiger partial charge on any atom is -0.406 e. The number of imidazole rings is 1. The molecule has 0 aliphatic carbocycles. The van der Waals surface area contributed by atoms with E-state index in [9.17, 15) is 18.0 Å². The van der Waals surface area contributed by atoms with Crippen LogP contribution in [0.2, 0.25) is 0 Å². The number of anilines is 1. The van der Waals surface area contributed by atoms with Gasteiger partial charge in [-0.1, -0.05) is 42.1 Å². The molecule has 0 fully saturated rings. The van der Waals surface area contributed by atoms with Gasteiger partial charge in [0.15, 0.2) is 5.16 Å².